The number of ether oxygens (including phenoxy) is 2. The molecule has 0 aliphatic carbocycles. The van der Waals surface area contributed by atoms with Gasteiger partial charge in [0, 0.05) is 19.0 Å². The first-order valence-electron chi connectivity index (χ1n) is 7.36. The van der Waals surface area contributed by atoms with E-state index in [1.807, 2.05) is 62.3 Å². The minimum atomic E-state index is -0.0322. The third-order valence-corrected chi connectivity index (χ3v) is 3.41. The molecule has 0 saturated heterocycles. The Morgan fingerprint density at radius 3 is 2.41 bits per heavy atom. The van der Waals surface area contributed by atoms with Gasteiger partial charge < -0.3 is 19.3 Å². The average molecular weight is 304 g/mol. The standard InChI is InChI=1S/C17H24N2O3/c1-18(2)10-14(11-19(3)4)15(20)7-5-13-6-8-16-17(9-13)22-12-21-16/h5-9,14H,10-12H2,1-4H3/b7-5-. The van der Waals surface area contributed by atoms with Crippen molar-refractivity contribution in [3.05, 3.63) is 29.8 Å². The second-order valence-corrected chi connectivity index (χ2v) is 6.07. The Morgan fingerprint density at radius 1 is 1.14 bits per heavy atom. The second kappa shape index (κ2) is 7.42. The Bertz CT molecular complexity index is 543. The molecule has 1 aromatic rings. The number of rotatable bonds is 7. The Labute approximate surface area is 132 Å². The van der Waals surface area contributed by atoms with E-state index in [1.54, 1.807) is 6.08 Å². The van der Waals surface area contributed by atoms with Crippen LogP contribution in [0.1, 0.15) is 5.56 Å². The third-order valence-electron chi connectivity index (χ3n) is 3.41. The van der Waals surface area contributed by atoms with Crippen LogP contribution in [0.5, 0.6) is 11.5 Å². The summed E-state index contributed by atoms with van der Waals surface area (Å²) in [6.45, 7) is 1.74. The van der Waals surface area contributed by atoms with Gasteiger partial charge in [0.15, 0.2) is 17.3 Å². The van der Waals surface area contributed by atoms with E-state index in [0.29, 0.717) is 0 Å². The molecule has 0 atom stereocenters. The maximum absolute atomic E-state index is 12.4. The van der Waals surface area contributed by atoms with Crippen LogP contribution in [-0.2, 0) is 4.79 Å². The number of carbonyl (C=O) groups is 1. The first kappa shape index (κ1) is 16.5. The molecule has 0 amide bonds. The number of ketones is 1. The van der Waals surface area contributed by atoms with Crippen LogP contribution in [0.2, 0.25) is 0 Å². The summed E-state index contributed by atoms with van der Waals surface area (Å²) in [5, 5.41) is 0. The second-order valence-electron chi connectivity index (χ2n) is 6.07. The SMILES string of the molecule is CN(C)CC(CN(C)C)C(=O)/C=C\c1ccc2c(c1)OCO2. The van der Waals surface area contributed by atoms with Crippen molar-refractivity contribution in [2.45, 2.75) is 0 Å². The van der Waals surface area contributed by atoms with Gasteiger partial charge in [0.25, 0.3) is 0 Å². The van der Waals surface area contributed by atoms with E-state index in [0.717, 1.165) is 30.2 Å². The van der Waals surface area contributed by atoms with Crippen molar-refractivity contribution in [1.82, 2.24) is 9.80 Å². The van der Waals surface area contributed by atoms with Gasteiger partial charge in [-0.3, -0.25) is 4.79 Å². The van der Waals surface area contributed by atoms with Gasteiger partial charge in [0.2, 0.25) is 6.79 Å². The summed E-state index contributed by atoms with van der Waals surface area (Å²) in [5.74, 6) is 1.59. The lowest BCUT2D eigenvalue weighted by Gasteiger charge is -2.22. The normalized spacial score (nSPS) is 13.8. The molecule has 2 rings (SSSR count). The molecule has 0 unspecified atom stereocenters. The molecule has 1 aliphatic rings. The van der Waals surface area contributed by atoms with Crippen LogP contribution in [0.3, 0.4) is 0 Å². The van der Waals surface area contributed by atoms with E-state index in [1.165, 1.54) is 0 Å². The van der Waals surface area contributed by atoms with Crippen molar-refractivity contribution in [2.75, 3.05) is 48.1 Å². The number of fused-ring (bicyclic) bond motifs is 1. The van der Waals surface area contributed by atoms with Gasteiger partial charge in [0.05, 0.1) is 0 Å². The molecular formula is C17H24N2O3. The fourth-order valence-electron chi connectivity index (χ4n) is 2.45. The fraction of sp³-hybridized carbons (Fsp3) is 0.471. The van der Waals surface area contributed by atoms with Crippen molar-refractivity contribution in [2.24, 2.45) is 5.92 Å². The number of carbonyl (C=O) groups excluding carboxylic acids is 1. The molecule has 0 bridgehead atoms. The molecule has 1 heterocycles. The van der Waals surface area contributed by atoms with Crippen molar-refractivity contribution in [3.63, 3.8) is 0 Å². The topological polar surface area (TPSA) is 42.0 Å². The van der Waals surface area contributed by atoms with Gasteiger partial charge in [-0.05, 0) is 52.0 Å². The molecule has 0 saturated carbocycles. The number of hydrogen-bond acceptors (Lipinski definition) is 5. The van der Waals surface area contributed by atoms with Crippen LogP contribution in [0, 0.1) is 5.92 Å². The number of allylic oxidation sites excluding steroid dienone is 1. The molecule has 0 N–H and O–H groups in total. The highest BCUT2D eigenvalue weighted by Crippen LogP contribution is 2.32. The van der Waals surface area contributed by atoms with Crippen LogP contribution < -0.4 is 9.47 Å². The smallest absolute Gasteiger partial charge is 0.231 e. The van der Waals surface area contributed by atoms with Crippen LogP contribution in [0.4, 0.5) is 0 Å². The quantitative estimate of drug-likeness (QED) is 0.718. The van der Waals surface area contributed by atoms with E-state index in [2.05, 4.69) is 0 Å². The lowest BCUT2D eigenvalue weighted by atomic mass is 10.0. The maximum Gasteiger partial charge on any atom is 0.231 e. The fourth-order valence-corrected chi connectivity index (χ4v) is 2.45. The Balaban J connectivity index is 2.04. The third kappa shape index (κ3) is 4.58. The molecule has 5 heteroatoms. The average Bonchev–Trinajstić information content (AvgIpc) is 2.90. The van der Waals surface area contributed by atoms with Crippen molar-refractivity contribution < 1.29 is 14.3 Å². The zero-order valence-electron chi connectivity index (χ0n) is 13.7. The van der Waals surface area contributed by atoms with Gasteiger partial charge in [-0.15, -0.1) is 0 Å². The van der Waals surface area contributed by atoms with Gasteiger partial charge in [-0.2, -0.15) is 0 Å². The van der Waals surface area contributed by atoms with Crippen molar-refractivity contribution in [3.8, 4) is 11.5 Å². The lowest BCUT2D eigenvalue weighted by molar-refractivity contribution is -0.119. The zero-order chi connectivity index (χ0) is 16.1. The predicted molar refractivity (Wildman–Crippen MR) is 87.2 cm³/mol. The first-order valence-corrected chi connectivity index (χ1v) is 7.36. The highest BCUT2D eigenvalue weighted by molar-refractivity contribution is 5.95. The molecular weight excluding hydrogens is 280 g/mol. The van der Waals surface area contributed by atoms with Crippen molar-refractivity contribution in [1.29, 1.82) is 0 Å². The van der Waals surface area contributed by atoms with Crippen LogP contribution in [0.15, 0.2) is 24.3 Å². The van der Waals surface area contributed by atoms with Gasteiger partial charge >= 0.3 is 0 Å². The molecule has 0 radical (unpaired) electrons. The molecule has 0 aromatic heterocycles. The summed E-state index contributed by atoms with van der Waals surface area (Å²) in [7, 11) is 7.93. The summed E-state index contributed by atoms with van der Waals surface area (Å²) < 4.78 is 10.6. The predicted octanol–water partition coefficient (Wildman–Crippen LogP) is 1.74. The summed E-state index contributed by atoms with van der Waals surface area (Å²) in [6, 6.07) is 5.67. The van der Waals surface area contributed by atoms with Crippen molar-refractivity contribution >= 4 is 11.9 Å². The summed E-state index contributed by atoms with van der Waals surface area (Å²) in [6.07, 6.45) is 3.50. The van der Waals surface area contributed by atoms with E-state index in [9.17, 15) is 4.79 Å². The molecule has 5 nitrogen and oxygen atoms in total. The first-order chi connectivity index (χ1) is 10.5. The minimum absolute atomic E-state index is 0.0322. The summed E-state index contributed by atoms with van der Waals surface area (Å²) in [5.41, 5.74) is 0.936. The van der Waals surface area contributed by atoms with E-state index in [-0.39, 0.29) is 18.5 Å². The lowest BCUT2D eigenvalue weighted by Crippen LogP contribution is -2.34. The summed E-state index contributed by atoms with van der Waals surface area (Å²) >= 11 is 0. The molecule has 22 heavy (non-hydrogen) atoms. The monoisotopic (exact) mass is 304 g/mol. The van der Waals surface area contributed by atoms with Gasteiger partial charge in [0.1, 0.15) is 0 Å². The van der Waals surface area contributed by atoms with Crippen LogP contribution >= 0.6 is 0 Å². The highest BCUT2D eigenvalue weighted by Gasteiger charge is 2.18. The molecule has 120 valence electrons. The maximum atomic E-state index is 12.4. The molecule has 1 aliphatic heterocycles. The number of benzene rings is 1. The molecule has 0 spiro atoms. The Morgan fingerprint density at radius 2 is 1.77 bits per heavy atom. The summed E-state index contributed by atoms with van der Waals surface area (Å²) in [4.78, 5) is 16.5. The number of hydrogen-bond donors (Lipinski definition) is 0. The van der Waals surface area contributed by atoms with Crippen LogP contribution in [-0.4, -0.2) is 63.7 Å². The highest BCUT2D eigenvalue weighted by atomic mass is 16.7. The Hall–Kier alpha value is -1.85. The van der Waals surface area contributed by atoms with Gasteiger partial charge in [-0.25, -0.2) is 0 Å². The van der Waals surface area contributed by atoms with E-state index in [4.69, 9.17) is 9.47 Å². The minimum Gasteiger partial charge on any atom is -0.454 e. The largest absolute Gasteiger partial charge is 0.454 e. The number of nitrogens with zero attached hydrogens (tertiary/aromatic N) is 2. The molecule has 1 aromatic carbocycles. The van der Waals surface area contributed by atoms with E-state index >= 15 is 0 Å². The Kier molecular flexibility index (Phi) is 5.57. The molecule has 0 fully saturated rings. The zero-order valence-corrected chi connectivity index (χ0v) is 13.7. The van der Waals surface area contributed by atoms with Crippen LogP contribution in [0.25, 0.3) is 6.08 Å². The van der Waals surface area contributed by atoms with Gasteiger partial charge in [-0.1, -0.05) is 12.1 Å². The van der Waals surface area contributed by atoms with E-state index < -0.39 is 0 Å².